The van der Waals surface area contributed by atoms with E-state index in [1.54, 1.807) is 0 Å². The normalized spacial score (nSPS) is 18.3. The van der Waals surface area contributed by atoms with Gasteiger partial charge in [0.25, 0.3) is 6.71 Å². The van der Waals surface area contributed by atoms with E-state index < -0.39 is 24.8 Å². The summed E-state index contributed by atoms with van der Waals surface area (Å²) in [5.74, 6) is 0. The van der Waals surface area contributed by atoms with Gasteiger partial charge in [-0.1, -0.05) is 194 Å². The first-order chi connectivity index (χ1) is 39.5. The molecule has 5 heteroatoms. The highest BCUT2D eigenvalue weighted by Gasteiger charge is 2.51. The molecule has 1 aromatic heterocycles. The molecule has 0 atom stereocenters. The summed E-state index contributed by atoms with van der Waals surface area (Å²) < 4.78 is 54.2. The van der Waals surface area contributed by atoms with Crippen LogP contribution in [0.3, 0.4) is 0 Å². The first-order valence-electron chi connectivity index (χ1n) is 31.3. The second-order valence-corrected chi connectivity index (χ2v) is 28.0. The van der Waals surface area contributed by atoms with Crippen LogP contribution in [0.1, 0.15) is 163 Å². The van der Waals surface area contributed by atoms with Crippen LogP contribution in [0.5, 0.6) is 0 Å². The molecule has 9 aromatic rings. The molecule has 0 radical (unpaired) electrons. The highest BCUT2D eigenvalue weighted by molar-refractivity contribution is 7.00. The van der Waals surface area contributed by atoms with E-state index in [0.29, 0.717) is 11.4 Å². The van der Waals surface area contributed by atoms with Crippen molar-refractivity contribution in [1.82, 2.24) is 0 Å². The minimum absolute atomic E-state index is 0.0700. The molecule has 0 saturated heterocycles. The number of nitrogens with zero attached hydrogens (tertiary/aromatic N) is 3. The first-order valence-corrected chi connectivity index (χ1v) is 28.8. The molecule has 3 heterocycles. The summed E-state index contributed by atoms with van der Waals surface area (Å²) in [4.78, 5) is 6.87. The summed E-state index contributed by atoms with van der Waals surface area (Å²) in [6.45, 7) is 32.5. The molecular formula is C74H78BN3O. The van der Waals surface area contributed by atoms with Crippen LogP contribution < -0.4 is 31.3 Å². The Kier molecular flexibility index (Phi) is 10.2. The largest absolute Gasteiger partial charge is 0.468 e. The molecule has 4 nitrogen and oxygen atoms in total. The Morgan fingerprint density at radius 3 is 1.71 bits per heavy atom. The third-order valence-corrected chi connectivity index (χ3v) is 18.7. The van der Waals surface area contributed by atoms with Gasteiger partial charge in [-0.2, -0.15) is 0 Å². The van der Waals surface area contributed by atoms with E-state index in [1.807, 2.05) is 35.2 Å². The Balaban J connectivity index is 1.26. The van der Waals surface area contributed by atoms with Gasteiger partial charge in [0.2, 0.25) is 0 Å². The lowest BCUT2D eigenvalue weighted by Crippen LogP contribution is -2.61. The van der Waals surface area contributed by atoms with Crippen molar-refractivity contribution in [2.75, 3.05) is 14.7 Å². The van der Waals surface area contributed by atoms with Crippen molar-refractivity contribution in [1.29, 1.82) is 0 Å². The number of para-hydroxylation sites is 2. The monoisotopic (exact) mass is 1040 g/mol. The molecule has 0 N–H and O–H groups in total. The quantitative estimate of drug-likeness (QED) is 0.155. The number of hydrogen-bond donors (Lipinski definition) is 0. The molecule has 13 rings (SSSR count). The zero-order chi connectivity index (χ0) is 59.7. The van der Waals surface area contributed by atoms with Gasteiger partial charge in [-0.3, -0.25) is 0 Å². The minimum Gasteiger partial charge on any atom is -0.468 e. The topological polar surface area (TPSA) is 22.9 Å². The molecule has 0 unspecified atom stereocenters. The molecule has 79 heavy (non-hydrogen) atoms. The highest BCUT2D eigenvalue weighted by Crippen LogP contribution is 2.57. The number of hydrogen-bond acceptors (Lipinski definition) is 4. The van der Waals surface area contributed by atoms with E-state index >= 15 is 0 Å². The van der Waals surface area contributed by atoms with Crippen LogP contribution in [0.25, 0.3) is 22.1 Å². The second-order valence-electron chi connectivity index (χ2n) is 28.0. The van der Waals surface area contributed by atoms with Gasteiger partial charge in [-0.15, -0.1) is 0 Å². The van der Waals surface area contributed by atoms with Crippen molar-refractivity contribution in [3.63, 3.8) is 0 Å². The standard InChI is InChI=1S/C74H78BN3O/c1-69(2,3)48-30-33-52(34-31-48)77-61-43-53(76(50-26-20-16-21-27-50)51-28-22-17-23-29-51)44-62-66(61)75(68-67(77)54-42-49(70(4,5)6)32-37-63(54)79-68)58-45-56-57(73(11,12)39-38-72(56,9)10)46-60(58)78(62)59-36-35-55-65(64(59)47-24-18-15-19-25-47)74(13,14)41-40-71(55,7)8/h15-37,42-46H,38-41H2,1-14H3/i16D,20D,21D,26D,27D. The Morgan fingerprint density at radius 1 is 0.506 bits per heavy atom. The van der Waals surface area contributed by atoms with Crippen LogP contribution in [-0.4, -0.2) is 6.71 Å². The average molecular weight is 1040 g/mol. The third kappa shape index (κ3) is 8.14. The van der Waals surface area contributed by atoms with Crippen LogP contribution in [0.2, 0.25) is 0 Å². The smallest absolute Gasteiger partial charge is 0.297 e. The molecule has 0 spiro atoms. The predicted molar refractivity (Wildman–Crippen MR) is 338 cm³/mol. The Labute approximate surface area is 478 Å². The zero-order valence-corrected chi connectivity index (χ0v) is 48.9. The van der Waals surface area contributed by atoms with E-state index in [9.17, 15) is 5.48 Å². The van der Waals surface area contributed by atoms with Gasteiger partial charge in [0.05, 0.1) is 29.6 Å². The molecule has 2 aliphatic carbocycles. The van der Waals surface area contributed by atoms with Gasteiger partial charge in [0.15, 0.2) is 0 Å². The van der Waals surface area contributed by atoms with E-state index in [4.69, 9.17) is 5.79 Å². The molecule has 0 saturated carbocycles. The van der Waals surface area contributed by atoms with E-state index in [-0.39, 0.29) is 50.3 Å². The lowest BCUT2D eigenvalue weighted by molar-refractivity contribution is 0.332. The van der Waals surface area contributed by atoms with E-state index in [1.165, 1.54) is 44.4 Å². The SMILES string of the molecule is [2H]c1c([2H])c([2H])c(N(c2ccccc2)c2cc3c4c(c2)N(c2ccc(C(C)(C)C)cc2)c2c(oc5ccc(C(C)(C)C)cc25)B4c2cc4c(cc2N3c2ccc3c(c2-c2ccccc2)C(C)(C)CCC3(C)C)C(C)(C)CCC4(C)C)c([2H])c1[2H]. The summed E-state index contributed by atoms with van der Waals surface area (Å²) in [6.07, 6.45) is 4.18. The summed E-state index contributed by atoms with van der Waals surface area (Å²) in [6, 6.07) is 49.1. The molecule has 0 amide bonds. The van der Waals surface area contributed by atoms with Gasteiger partial charge >= 0.3 is 0 Å². The summed E-state index contributed by atoms with van der Waals surface area (Å²) in [5.41, 5.74) is 20.5. The minimum atomic E-state index is -0.437. The summed E-state index contributed by atoms with van der Waals surface area (Å²) in [7, 11) is 0. The van der Waals surface area contributed by atoms with Crippen molar-refractivity contribution in [2.45, 2.75) is 155 Å². The molecular weight excluding hydrogens is 958 g/mol. The maximum Gasteiger partial charge on any atom is 0.297 e. The van der Waals surface area contributed by atoms with Gasteiger partial charge < -0.3 is 19.1 Å². The van der Waals surface area contributed by atoms with Crippen molar-refractivity contribution < 1.29 is 11.3 Å². The van der Waals surface area contributed by atoms with Crippen LogP contribution >= 0.6 is 0 Å². The van der Waals surface area contributed by atoms with Crippen LogP contribution in [0.4, 0.5) is 51.2 Å². The molecule has 398 valence electrons. The van der Waals surface area contributed by atoms with E-state index in [2.05, 4.69) is 216 Å². The van der Waals surface area contributed by atoms with Gasteiger partial charge in [-0.05, 0) is 181 Å². The Bertz CT molecular complexity index is 4160. The number of anilines is 9. The maximum atomic E-state index is 9.74. The number of benzene rings is 8. The predicted octanol–water partition coefficient (Wildman–Crippen LogP) is 18.9. The lowest BCUT2D eigenvalue weighted by atomic mass is 9.35. The first kappa shape index (κ1) is 45.6. The third-order valence-electron chi connectivity index (χ3n) is 18.7. The summed E-state index contributed by atoms with van der Waals surface area (Å²) >= 11 is 0. The van der Waals surface area contributed by atoms with Crippen molar-refractivity contribution in [2.24, 2.45) is 0 Å². The number of rotatable bonds is 6. The van der Waals surface area contributed by atoms with Crippen LogP contribution in [-0.2, 0) is 32.5 Å². The Morgan fingerprint density at radius 2 is 1.08 bits per heavy atom. The zero-order valence-electron chi connectivity index (χ0n) is 53.9. The van der Waals surface area contributed by atoms with Crippen molar-refractivity contribution >= 4 is 85.5 Å². The Hall–Kier alpha value is -7.24. The summed E-state index contributed by atoms with van der Waals surface area (Å²) in [5, 5.41) is 1.01. The highest BCUT2D eigenvalue weighted by atomic mass is 16.3. The molecule has 8 aromatic carbocycles. The molecule has 0 bridgehead atoms. The number of furan rings is 1. The van der Waals surface area contributed by atoms with Gasteiger partial charge in [0, 0.05) is 45.1 Å². The van der Waals surface area contributed by atoms with Gasteiger partial charge in [-0.25, -0.2) is 0 Å². The van der Waals surface area contributed by atoms with Crippen molar-refractivity contribution in [3.05, 3.63) is 203 Å². The lowest BCUT2D eigenvalue weighted by Gasteiger charge is -2.48. The number of fused-ring (bicyclic) bond motifs is 8. The second kappa shape index (κ2) is 17.6. The van der Waals surface area contributed by atoms with E-state index in [0.717, 1.165) is 87.5 Å². The fourth-order valence-electron chi connectivity index (χ4n) is 13.9. The molecule has 4 aliphatic rings. The molecule has 0 fully saturated rings. The van der Waals surface area contributed by atoms with Crippen LogP contribution in [0, 0.1) is 0 Å². The van der Waals surface area contributed by atoms with Gasteiger partial charge in [0.1, 0.15) is 5.58 Å². The average Bonchev–Trinajstić information content (AvgIpc) is 1.17. The fourth-order valence-corrected chi connectivity index (χ4v) is 13.9. The fraction of sp³-hybridized carbons (Fsp3) is 0.324. The van der Waals surface area contributed by atoms with Crippen LogP contribution in [0.15, 0.2) is 174 Å². The maximum absolute atomic E-state index is 9.74. The molecule has 2 aliphatic heterocycles. The van der Waals surface area contributed by atoms with Crippen molar-refractivity contribution in [3.8, 4) is 11.1 Å².